The van der Waals surface area contributed by atoms with Crippen LogP contribution in [0.2, 0.25) is 0 Å². The van der Waals surface area contributed by atoms with E-state index in [1.54, 1.807) is 0 Å². The highest BCUT2D eigenvalue weighted by Crippen LogP contribution is 2.24. The summed E-state index contributed by atoms with van der Waals surface area (Å²) < 4.78 is 0. The average molecular weight is 154 g/mol. The van der Waals surface area contributed by atoms with Crippen molar-refractivity contribution >= 4 is 0 Å². The molecule has 2 N–H and O–H groups in total. The van der Waals surface area contributed by atoms with Gasteiger partial charge in [-0.2, -0.15) is 0 Å². The van der Waals surface area contributed by atoms with Crippen molar-refractivity contribution in [3.05, 3.63) is 23.3 Å². The van der Waals surface area contributed by atoms with Crippen molar-refractivity contribution in [3.63, 3.8) is 0 Å². The first-order valence-electron chi connectivity index (χ1n) is 3.88. The fourth-order valence-corrected chi connectivity index (χ4v) is 1.32. The fraction of sp³-hybridized carbons (Fsp3) is 0.556. The van der Waals surface area contributed by atoms with Gasteiger partial charge in [-0.15, -0.1) is 0 Å². The lowest BCUT2D eigenvalue weighted by atomic mass is 10.1. The van der Waals surface area contributed by atoms with Gasteiger partial charge in [-0.05, 0) is 18.9 Å². The maximum absolute atomic E-state index is 8.87. The first-order valence-corrected chi connectivity index (χ1v) is 3.88. The zero-order chi connectivity index (χ0) is 8.27. The molecular formula is C9H14O2. The fourth-order valence-electron chi connectivity index (χ4n) is 1.32. The van der Waals surface area contributed by atoms with Crippen LogP contribution in [-0.2, 0) is 0 Å². The minimum absolute atomic E-state index is 0.178. The second-order valence-corrected chi connectivity index (χ2v) is 2.89. The van der Waals surface area contributed by atoms with Crippen LogP contribution >= 0.6 is 0 Å². The van der Waals surface area contributed by atoms with Crippen LogP contribution in [0, 0.1) is 5.92 Å². The molecule has 0 radical (unpaired) electrons. The van der Waals surface area contributed by atoms with Crippen LogP contribution in [0.4, 0.5) is 0 Å². The summed E-state index contributed by atoms with van der Waals surface area (Å²) in [5.41, 5.74) is 2.33. The molecule has 1 unspecified atom stereocenters. The topological polar surface area (TPSA) is 40.5 Å². The molecule has 1 atom stereocenters. The quantitative estimate of drug-likeness (QED) is 0.633. The summed E-state index contributed by atoms with van der Waals surface area (Å²) in [6.07, 6.45) is 4.76. The molecule has 0 saturated heterocycles. The van der Waals surface area contributed by atoms with Crippen molar-refractivity contribution < 1.29 is 10.2 Å². The molecule has 0 aromatic carbocycles. The predicted molar refractivity (Wildman–Crippen MR) is 44.1 cm³/mol. The molecule has 0 aliphatic heterocycles. The van der Waals surface area contributed by atoms with E-state index in [2.05, 4.69) is 0 Å². The molecule has 2 heteroatoms. The minimum Gasteiger partial charge on any atom is -0.396 e. The van der Waals surface area contributed by atoms with E-state index in [-0.39, 0.29) is 19.1 Å². The monoisotopic (exact) mass is 154 g/mol. The highest BCUT2D eigenvalue weighted by Gasteiger charge is 2.13. The Kier molecular flexibility index (Phi) is 2.85. The number of hydrogen-bond donors (Lipinski definition) is 2. The van der Waals surface area contributed by atoms with E-state index in [9.17, 15) is 0 Å². The van der Waals surface area contributed by atoms with Crippen molar-refractivity contribution in [3.8, 4) is 0 Å². The van der Waals surface area contributed by atoms with Crippen molar-refractivity contribution in [2.75, 3.05) is 13.2 Å². The second kappa shape index (κ2) is 3.69. The van der Waals surface area contributed by atoms with Crippen LogP contribution in [-0.4, -0.2) is 23.4 Å². The highest BCUT2D eigenvalue weighted by atomic mass is 16.3. The molecule has 1 aliphatic carbocycles. The average Bonchev–Trinajstić information content (AvgIpc) is 2.32. The van der Waals surface area contributed by atoms with Gasteiger partial charge < -0.3 is 10.2 Å². The van der Waals surface area contributed by atoms with Crippen molar-refractivity contribution in [2.45, 2.75) is 13.3 Å². The van der Waals surface area contributed by atoms with E-state index in [4.69, 9.17) is 10.2 Å². The lowest BCUT2D eigenvalue weighted by Gasteiger charge is -2.02. The Balaban J connectivity index is 2.58. The number of aliphatic hydroxyl groups is 2. The summed E-state index contributed by atoms with van der Waals surface area (Å²) in [5.74, 6) is 0.191. The molecule has 11 heavy (non-hydrogen) atoms. The summed E-state index contributed by atoms with van der Waals surface area (Å²) in [6.45, 7) is 2.37. The summed E-state index contributed by atoms with van der Waals surface area (Å²) in [4.78, 5) is 0. The van der Waals surface area contributed by atoms with Gasteiger partial charge in [0.05, 0.1) is 6.61 Å². The largest absolute Gasteiger partial charge is 0.396 e. The van der Waals surface area contributed by atoms with Gasteiger partial charge in [0.25, 0.3) is 0 Å². The van der Waals surface area contributed by atoms with Crippen LogP contribution in [0.1, 0.15) is 13.3 Å². The predicted octanol–water partition coefficient (Wildman–Crippen LogP) is 0.864. The molecular weight excluding hydrogens is 140 g/mol. The van der Waals surface area contributed by atoms with Crippen molar-refractivity contribution in [2.24, 2.45) is 5.92 Å². The Hall–Kier alpha value is -0.600. The third kappa shape index (κ3) is 1.91. The first-order chi connectivity index (χ1) is 5.27. The van der Waals surface area contributed by atoms with Gasteiger partial charge in [0.2, 0.25) is 0 Å². The van der Waals surface area contributed by atoms with E-state index in [1.165, 1.54) is 5.57 Å². The number of hydrogen-bond acceptors (Lipinski definition) is 2. The van der Waals surface area contributed by atoms with Crippen molar-refractivity contribution in [1.82, 2.24) is 0 Å². The highest BCUT2D eigenvalue weighted by molar-refractivity contribution is 5.34. The Morgan fingerprint density at radius 3 is 2.64 bits per heavy atom. The number of rotatable bonds is 3. The van der Waals surface area contributed by atoms with E-state index in [0.29, 0.717) is 6.42 Å². The SMILES string of the molecule is CC1=CC(CCO)=CC1CO. The van der Waals surface area contributed by atoms with Crippen LogP contribution in [0.3, 0.4) is 0 Å². The Labute approximate surface area is 66.9 Å². The molecule has 62 valence electrons. The third-order valence-corrected chi connectivity index (χ3v) is 2.01. The third-order valence-electron chi connectivity index (χ3n) is 2.01. The number of aliphatic hydroxyl groups excluding tert-OH is 2. The lowest BCUT2D eigenvalue weighted by Crippen LogP contribution is -2.00. The zero-order valence-electron chi connectivity index (χ0n) is 6.75. The Morgan fingerprint density at radius 2 is 2.18 bits per heavy atom. The normalized spacial score (nSPS) is 23.4. The van der Waals surface area contributed by atoms with Gasteiger partial charge in [0.15, 0.2) is 0 Å². The van der Waals surface area contributed by atoms with Crippen LogP contribution < -0.4 is 0 Å². The summed E-state index contributed by atoms with van der Waals surface area (Å²) in [7, 11) is 0. The molecule has 0 aromatic heterocycles. The zero-order valence-corrected chi connectivity index (χ0v) is 6.75. The van der Waals surface area contributed by atoms with Gasteiger partial charge in [-0.3, -0.25) is 0 Å². The van der Waals surface area contributed by atoms with Crippen LogP contribution in [0.25, 0.3) is 0 Å². The van der Waals surface area contributed by atoms with Crippen LogP contribution in [0.5, 0.6) is 0 Å². The maximum atomic E-state index is 8.87. The van der Waals surface area contributed by atoms with Gasteiger partial charge in [-0.1, -0.05) is 17.7 Å². The summed E-state index contributed by atoms with van der Waals surface area (Å²) in [6, 6.07) is 0. The summed E-state index contributed by atoms with van der Waals surface area (Å²) >= 11 is 0. The molecule has 2 nitrogen and oxygen atoms in total. The molecule has 0 saturated carbocycles. The van der Waals surface area contributed by atoms with Crippen LogP contribution in [0.15, 0.2) is 23.3 Å². The van der Waals surface area contributed by atoms with Gasteiger partial charge in [-0.25, -0.2) is 0 Å². The van der Waals surface area contributed by atoms with E-state index in [1.807, 2.05) is 19.1 Å². The molecule has 0 spiro atoms. The molecule has 0 bridgehead atoms. The van der Waals surface area contributed by atoms with Gasteiger partial charge >= 0.3 is 0 Å². The van der Waals surface area contributed by atoms with E-state index in [0.717, 1.165) is 5.57 Å². The minimum atomic E-state index is 0.178. The lowest BCUT2D eigenvalue weighted by molar-refractivity contribution is 0.269. The Morgan fingerprint density at radius 1 is 1.45 bits per heavy atom. The Bertz CT molecular complexity index is 192. The second-order valence-electron chi connectivity index (χ2n) is 2.89. The molecule has 0 fully saturated rings. The number of allylic oxidation sites excluding steroid dienone is 1. The van der Waals surface area contributed by atoms with E-state index < -0.39 is 0 Å². The standard InChI is InChI=1S/C9H14O2/c1-7-4-8(2-3-10)5-9(7)6-11/h4-5,9-11H,2-3,6H2,1H3. The van der Waals surface area contributed by atoms with Gasteiger partial charge in [0.1, 0.15) is 0 Å². The molecule has 0 heterocycles. The smallest absolute Gasteiger partial charge is 0.0531 e. The maximum Gasteiger partial charge on any atom is 0.0531 e. The van der Waals surface area contributed by atoms with E-state index >= 15 is 0 Å². The molecule has 0 aromatic rings. The van der Waals surface area contributed by atoms with Crippen molar-refractivity contribution in [1.29, 1.82) is 0 Å². The molecule has 1 aliphatic rings. The summed E-state index contributed by atoms with van der Waals surface area (Å²) in [5, 5.41) is 17.5. The van der Waals surface area contributed by atoms with Gasteiger partial charge in [0, 0.05) is 12.5 Å². The molecule has 0 amide bonds. The molecule has 1 rings (SSSR count). The first kappa shape index (κ1) is 8.50.